The highest BCUT2D eigenvalue weighted by Crippen LogP contribution is 2.15. The van der Waals surface area contributed by atoms with Crippen molar-refractivity contribution < 1.29 is 13.2 Å². The van der Waals surface area contributed by atoms with Gasteiger partial charge in [-0.1, -0.05) is 29.8 Å². The lowest BCUT2D eigenvalue weighted by atomic mass is 10.2. The van der Waals surface area contributed by atoms with Crippen LogP contribution in [0.5, 0.6) is 0 Å². The maximum absolute atomic E-state index is 12.4. The lowest BCUT2D eigenvalue weighted by Gasteiger charge is -2.26. The van der Waals surface area contributed by atoms with E-state index in [1.165, 1.54) is 22.9 Å². The number of carbonyl (C=O) groups excluding carboxylic acids is 1. The van der Waals surface area contributed by atoms with Gasteiger partial charge < -0.3 is 9.88 Å². The summed E-state index contributed by atoms with van der Waals surface area (Å²) in [6.45, 7) is 2.24. The topological polar surface area (TPSA) is 88.5 Å². The molecule has 0 aliphatic carbocycles. The predicted molar refractivity (Wildman–Crippen MR) is 109 cm³/mol. The fourth-order valence-corrected chi connectivity index (χ4v) is 4.48. The Morgan fingerprint density at radius 2 is 1.82 bits per heavy atom. The third-order valence-electron chi connectivity index (χ3n) is 4.69. The number of sulfone groups is 1. The standard InChI is InChI=1S/C19H22ClN3O4S/c20-17-4-2-1-3-15(17)13-23-14-16(5-6-18(23)24)19(25)21-7-8-22-9-11-28(26,27)12-10-22/h1-6,14H,7-13H2,(H,21,25). The van der Waals surface area contributed by atoms with E-state index in [9.17, 15) is 18.0 Å². The molecule has 1 saturated heterocycles. The van der Waals surface area contributed by atoms with Crippen molar-refractivity contribution in [1.82, 2.24) is 14.8 Å². The number of pyridine rings is 1. The highest BCUT2D eigenvalue weighted by Gasteiger charge is 2.21. The molecule has 3 rings (SSSR count). The number of aromatic nitrogens is 1. The van der Waals surface area contributed by atoms with E-state index in [0.717, 1.165) is 5.56 Å². The summed E-state index contributed by atoms with van der Waals surface area (Å²) in [5.41, 5.74) is 0.961. The minimum Gasteiger partial charge on any atom is -0.351 e. The second-order valence-corrected chi connectivity index (χ2v) is 9.44. The van der Waals surface area contributed by atoms with Crippen LogP contribution in [0.2, 0.25) is 5.02 Å². The summed E-state index contributed by atoms with van der Waals surface area (Å²) in [7, 11) is -2.91. The van der Waals surface area contributed by atoms with E-state index < -0.39 is 9.84 Å². The Bertz CT molecular complexity index is 1010. The molecule has 0 atom stereocenters. The van der Waals surface area contributed by atoms with Gasteiger partial charge in [-0.2, -0.15) is 0 Å². The molecule has 0 radical (unpaired) electrons. The fraction of sp³-hybridized carbons (Fsp3) is 0.368. The Morgan fingerprint density at radius 3 is 2.54 bits per heavy atom. The van der Waals surface area contributed by atoms with Gasteiger partial charge in [-0.25, -0.2) is 8.42 Å². The number of amides is 1. The normalized spacial score (nSPS) is 16.6. The van der Waals surface area contributed by atoms with Gasteiger partial charge in [-0.05, 0) is 17.7 Å². The molecule has 1 amide bonds. The molecule has 9 heteroatoms. The van der Waals surface area contributed by atoms with Crippen LogP contribution in [0.25, 0.3) is 0 Å². The van der Waals surface area contributed by atoms with Crippen molar-refractivity contribution in [3.8, 4) is 0 Å². The second-order valence-electron chi connectivity index (χ2n) is 6.72. The molecule has 0 spiro atoms. The largest absolute Gasteiger partial charge is 0.351 e. The minimum absolute atomic E-state index is 0.161. The molecule has 1 fully saturated rings. The number of nitrogens with zero attached hydrogens (tertiary/aromatic N) is 2. The molecule has 1 N–H and O–H groups in total. The van der Waals surface area contributed by atoms with Crippen LogP contribution in [0, 0.1) is 0 Å². The van der Waals surface area contributed by atoms with Crippen LogP contribution in [-0.4, -0.2) is 61.5 Å². The number of benzene rings is 1. The third-order valence-corrected chi connectivity index (χ3v) is 6.67. The summed E-state index contributed by atoms with van der Waals surface area (Å²) in [6.07, 6.45) is 1.52. The number of hydrogen-bond acceptors (Lipinski definition) is 5. The van der Waals surface area contributed by atoms with Gasteiger partial charge in [0.25, 0.3) is 11.5 Å². The van der Waals surface area contributed by atoms with Gasteiger partial charge >= 0.3 is 0 Å². The minimum atomic E-state index is -2.91. The summed E-state index contributed by atoms with van der Waals surface area (Å²) in [6, 6.07) is 10.1. The summed E-state index contributed by atoms with van der Waals surface area (Å²) in [5, 5.41) is 3.38. The van der Waals surface area contributed by atoms with Gasteiger partial charge in [-0.3, -0.25) is 14.5 Å². The second kappa shape index (κ2) is 8.89. The quantitative estimate of drug-likeness (QED) is 0.749. The molecular weight excluding hydrogens is 402 g/mol. The van der Waals surface area contributed by atoms with E-state index in [4.69, 9.17) is 11.6 Å². The van der Waals surface area contributed by atoms with Gasteiger partial charge in [0.15, 0.2) is 9.84 Å². The Hall–Kier alpha value is -2.16. The summed E-state index contributed by atoms with van der Waals surface area (Å²) in [5.74, 6) is 0.0413. The monoisotopic (exact) mass is 423 g/mol. The van der Waals surface area contributed by atoms with E-state index in [0.29, 0.717) is 36.8 Å². The number of nitrogens with one attached hydrogen (secondary N) is 1. The maximum atomic E-state index is 12.4. The molecule has 0 bridgehead atoms. The van der Waals surface area contributed by atoms with Crippen molar-refractivity contribution in [2.45, 2.75) is 6.54 Å². The zero-order chi connectivity index (χ0) is 20.1. The van der Waals surface area contributed by atoms with Gasteiger partial charge in [0.1, 0.15) is 0 Å². The Kier molecular flexibility index (Phi) is 6.53. The third kappa shape index (κ3) is 5.43. The van der Waals surface area contributed by atoms with Crippen LogP contribution in [-0.2, 0) is 16.4 Å². The Morgan fingerprint density at radius 1 is 1.11 bits per heavy atom. The van der Waals surface area contributed by atoms with Crippen LogP contribution >= 0.6 is 11.6 Å². The lowest BCUT2D eigenvalue weighted by Crippen LogP contribution is -2.43. The number of carbonyl (C=O) groups is 1. The molecule has 28 heavy (non-hydrogen) atoms. The van der Waals surface area contributed by atoms with Crippen molar-refractivity contribution in [2.75, 3.05) is 37.7 Å². The fourth-order valence-electron chi connectivity index (χ4n) is 3.00. The first-order valence-electron chi connectivity index (χ1n) is 8.99. The first-order chi connectivity index (χ1) is 13.3. The van der Waals surface area contributed by atoms with Gasteiger partial charge in [0.2, 0.25) is 0 Å². The van der Waals surface area contributed by atoms with Crippen molar-refractivity contribution >= 4 is 27.3 Å². The SMILES string of the molecule is O=C(NCCN1CCS(=O)(=O)CC1)c1ccc(=O)n(Cc2ccccc2Cl)c1. The average Bonchev–Trinajstić information content (AvgIpc) is 2.66. The van der Waals surface area contributed by atoms with E-state index in [2.05, 4.69) is 5.32 Å². The van der Waals surface area contributed by atoms with Crippen LogP contribution in [0.15, 0.2) is 47.4 Å². The van der Waals surface area contributed by atoms with Crippen molar-refractivity contribution in [1.29, 1.82) is 0 Å². The summed E-state index contributed by atoms with van der Waals surface area (Å²) >= 11 is 6.15. The molecule has 1 aliphatic rings. The molecule has 1 aromatic heterocycles. The molecule has 0 saturated carbocycles. The molecule has 150 valence electrons. The summed E-state index contributed by atoms with van der Waals surface area (Å²) < 4.78 is 24.3. The van der Waals surface area contributed by atoms with E-state index in [1.807, 2.05) is 23.1 Å². The van der Waals surface area contributed by atoms with Crippen LogP contribution in [0.4, 0.5) is 0 Å². The van der Waals surface area contributed by atoms with Gasteiger partial charge in [0, 0.05) is 43.5 Å². The first-order valence-corrected chi connectivity index (χ1v) is 11.2. The van der Waals surface area contributed by atoms with E-state index >= 15 is 0 Å². The van der Waals surface area contributed by atoms with Gasteiger partial charge in [0.05, 0.1) is 23.6 Å². The number of rotatable bonds is 6. The molecule has 2 aromatic rings. The predicted octanol–water partition coefficient (Wildman–Crippen LogP) is 1.01. The lowest BCUT2D eigenvalue weighted by molar-refractivity contribution is 0.0948. The maximum Gasteiger partial charge on any atom is 0.252 e. The summed E-state index contributed by atoms with van der Waals surface area (Å²) in [4.78, 5) is 26.5. The first kappa shape index (κ1) is 20.6. The zero-order valence-corrected chi connectivity index (χ0v) is 16.9. The van der Waals surface area contributed by atoms with E-state index in [1.54, 1.807) is 6.07 Å². The number of hydrogen-bond donors (Lipinski definition) is 1. The highest BCUT2D eigenvalue weighted by atomic mass is 35.5. The molecule has 1 aliphatic heterocycles. The van der Waals surface area contributed by atoms with Crippen LogP contribution in [0.1, 0.15) is 15.9 Å². The van der Waals surface area contributed by atoms with Gasteiger partial charge in [-0.15, -0.1) is 0 Å². The van der Waals surface area contributed by atoms with Crippen LogP contribution < -0.4 is 10.9 Å². The average molecular weight is 424 g/mol. The van der Waals surface area contributed by atoms with Crippen molar-refractivity contribution in [2.24, 2.45) is 0 Å². The Balaban J connectivity index is 1.58. The zero-order valence-electron chi connectivity index (χ0n) is 15.3. The molecule has 0 unspecified atom stereocenters. The molecule has 1 aromatic carbocycles. The highest BCUT2D eigenvalue weighted by molar-refractivity contribution is 7.91. The van der Waals surface area contributed by atoms with E-state index in [-0.39, 0.29) is 29.5 Å². The number of halogens is 1. The molecule has 2 heterocycles. The molecular formula is C19H22ClN3O4S. The van der Waals surface area contributed by atoms with Crippen molar-refractivity contribution in [3.63, 3.8) is 0 Å². The smallest absolute Gasteiger partial charge is 0.252 e. The Labute approximate surface area is 168 Å². The molecule has 7 nitrogen and oxygen atoms in total. The van der Waals surface area contributed by atoms with Crippen molar-refractivity contribution in [3.05, 3.63) is 69.1 Å². The van der Waals surface area contributed by atoms with Crippen LogP contribution in [0.3, 0.4) is 0 Å².